The summed E-state index contributed by atoms with van der Waals surface area (Å²) < 4.78 is 69.7. The highest BCUT2D eigenvalue weighted by molar-refractivity contribution is 7.92. The van der Waals surface area contributed by atoms with E-state index >= 15 is 0 Å². The number of anilines is 1. The van der Waals surface area contributed by atoms with Crippen molar-refractivity contribution in [2.24, 2.45) is 0 Å². The van der Waals surface area contributed by atoms with Crippen molar-refractivity contribution in [3.63, 3.8) is 0 Å². The number of aryl methyl sites for hydroxylation is 1. The van der Waals surface area contributed by atoms with Crippen LogP contribution in [0.25, 0.3) is 0 Å². The number of alkyl halides is 3. The molecule has 1 N–H and O–H groups in total. The number of hydrogen-bond donors (Lipinski definition) is 1. The van der Waals surface area contributed by atoms with Crippen LogP contribution < -0.4 is 9.62 Å². The number of nitrogens with one attached hydrogen (secondary N) is 1. The zero-order valence-electron chi connectivity index (χ0n) is 25.6. The van der Waals surface area contributed by atoms with Crippen LogP contribution in [-0.4, -0.2) is 50.3 Å². The van der Waals surface area contributed by atoms with Gasteiger partial charge in [-0.25, -0.2) is 8.42 Å². The van der Waals surface area contributed by atoms with Crippen LogP contribution >= 0.6 is 0 Å². The van der Waals surface area contributed by atoms with Gasteiger partial charge in [0.15, 0.2) is 0 Å². The van der Waals surface area contributed by atoms with Crippen molar-refractivity contribution < 1.29 is 31.2 Å². The Morgan fingerprint density at radius 3 is 2.22 bits per heavy atom. The Balaban J connectivity index is 1.71. The second kappa shape index (κ2) is 14.9. The van der Waals surface area contributed by atoms with Crippen molar-refractivity contribution >= 4 is 27.5 Å². The van der Waals surface area contributed by atoms with E-state index < -0.39 is 40.3 Å². The summed E-state index contributed by atoms with van der Waals surface area (Å²) in [4.78, 5) is 29.0. The SMILES string of the molecule is CC[C@H](C(=O)NC1CCCCC1)N(CCc1ccccc1)C(=O)CN(c1cccc(C(F)(F)F)c1)S(=O)(=O)c1ccc(C)cc1. The van der Waals surface area contributed by atoms with Gasteiger partial charge in [0.2, 0.25) is 11.8 Å². The molecule has 3 aromatic rings. The molecule has 0 aliphatic heterocycles. The van der Waals surface area contributed by atoms with E-state index in [4.69, 9.17) is 0 Å². The first-order valence-electron chi connectivity index (χ1n) is 15.3. The predicted molar refractivity (Wildman–Crippen MR) is 168 cm³/mol. The summed E-state index contributed by atoms with van der Waals surface area (Å²) in [6.07, 6.45) is 0.734. The molecule has 0 heterocycles. The van der Waals surface area contributed by atoms with Gasteiger partial charge in [0.25, 0.3) is 10.0 Å². The van der Waals surface area contributed by atoms with Gasteiger partial charge in [-0.15, -0.1) is 0 Å². The van der Waals surface area contributed by atoms with Crippen molar-refractivity contribution in [2.75, 3.05) is 17.4 Å². The largest absolute Gasteiger partial charge is 0.416 e. The Hall–Kier alpha value is -3.86. The molecule has 7 nitrogen and oxygen atoms in total. The van der Waals surface area contributed by atoms with Crippen LogP contribution in [-0.2, 0) is 32.2 Å². The third kappa shape index (κ3) is 8.87. The number of nitrogens with zero attached hydrogens (tertiary/aromatic N) is 2. The molecule has 45 heavy (non-hydrogen) atoms. The summed E-state index contributed by atoms with van der Waals surface area (Å²) >= 11 is 0. The van der Waals surface area contributed by atoms with Gasteiger partial charge in [0.05, 0.1) is 16.1 Å². The van der Waals surface area contributed by atoms with Crippen LogP contribution in [0.5, 0.6) is 0 Å². The lowest BCUT2D eigenvalue weighted by atomic mass is 9.95. The molecule has 0 bridgehead atoms. The third-order valence-electron chi connectivity index (χ3n) is 8.17. The Labute approximate surface area is 263 Å². The first-order chi connectivity index (χ1) is 21.4. The maximum Gasteiger partial charge on any atom is 0.416 e. The molecule has 1 fully saturated rings. The molecule has 1 aliphatic carbocycles. The van der Waals surface area contributed by atoms with Crippen molar-refractivity contribution in [1.82, 2.24) is 10.2 Å². The number of sulfonamides is 1. The van der Waals surface area contributed by atoms with E-state index in [0.29, 0.717) is 10.7 Å². The summed E-state index contributed by atoms with van der Waals surface area (Å²) in [5.74, 6) is -1.01. The molecular weight excluding hydrogens is 603 g/mol. The van der Waals surface area contributed by atoms with Gasteiger partial charge in [-0.05, 0) is 68.5 Å². The molecule has 4 rings (SSSR count). The van der Waals surface area contributed by atoms with Crippen molar-refractivity contribution in [1.29, 1.82) is 0 Å². The van der Waals surface area contributed by atoms with Gasteiger partial charge in [0, 0.05) is 12.6 Å². The molecule has 11 heteroatoms. The fourth-order valence-corrected chi connectivity index (χ4v) is 7.05. The molecule has 0 saturated heterocycles. The van der Waals surface area contributed by atoms with E-state index in [9.17, 15) is 31.2 Å². The Kier molecular flexibility index (Phi) is 11.3. The van der Waals surface area contributed by atoms with Crippen LogP contribution in [0.1, 0.15) is 62.1 Å². The van der Waals surface area contributed by atoms with E-state index in [1.807, 2.05) is 30.3 Å². The zero-order valence-corrected chi connectivity index (χ0v) is 26.4. The molecule has 3 aromatic carbocycles. The summed E-state index contributed by atoms with van der Waals surface area (Å²) in [5.41, 5.74) is 0.356. The maximum absolute atomic E-state index is 14.2. The number of halogens is 3. The average Bonchev–Trinajstić information content (AvgIpc) is 3.02. The quantitative estimate of drug-likeness (QED) is 0.244. The normalized spacial score (nSPS) is 14.9. The molecular formula is C34H40F3N3O4S. The smallest absolute Gasteiger partial charge is 0.352 e. The molecule has 1 aliphatic rings. The van der Waals surface area contributed by atoms with Gasteiger partial charge >= 0.3 is 6.18 Å². The topological polar surface area (TPSA) is 86.8 Å². The fraction of sp³-hybridized carbons (Fsp3) is 0.412. The molecule has 2 amide bonds. The minimum Gasteiger partial charge on any atom is -0.352 e. The first kappa shape index (κ1) is 34.0. The van der Waals surface area contributed by atoms with Gasteiger partial charge in [-0.2, -0.15) is 13.2 Å². The highest BCUT2D eigenvalue weighted by Crippen LogP contribution is 2.33. The van der Waals surface area contributed by atoms with Gasteiger partial charge in [-0.1, -0.05) is 80.3 Å². The summed E-state index contributed by atoms with van der Waals surface area (Å²) in [7, 11) is -4.49. The molecule has 242 valence electrons. The number of carbonyl (C=O) groups excluding carboxylic acids is 2. The van der Waals surface area contributed by atoms with E-state index in [1.54, 1.807) is 26.0 Å². The standard InChI is InChI=1S/C34H40F3N3O4S/c1-3-31(33(42)38-28-14-8-5-9-15-28)39(22-21-26-11-6-4-7-12-26)32(41)24-40(29-16-10-13-27(23-29)34(35,36)37)45(43,44)30-19-17-25(2)18-20-30/h4,6-7,10-13,16-20,23,28,31H,3,5,8-9,14-15,21-22,24H2,1-2H3,(H,38,42)/t31-/m1/s1. The van der Waals surface area contributed by atoms with Crippen LogP contribution in [0.4, 0.5) is 18.9 Å². The number of rotatable bonds is 12. The molecule has 0 aromatic heterocycles. The summed E-state index contributed by atoms with van der Waals surface area (Å²) in [6, 6.07) is 18.2. The Bertz CT molecular complexity index is 1540. The van der Waals surface area contributed by atoms with Gasteiger partial charge in [-0.3, -0.25) is 13.9 Å². The highest BCUT2D eigenvalue weighted by Gasteiger charge is 2.36. The number of carbonyl (C=O) groups is 2. The summed E-state index contributed by atoms with van der Waals surface area (Å²) in [5, 5.41) is 3.08. The van der Waals surface area contributed by atoms with E-state index in [0.717, 1.165) is 61.4 Å². The van der Waals surface area contributed by atoms with Gasteiger partial charge in [0.1, 0.15) is 12.6 Å². The molecule has 1 saturated carbocycles. The molecule has 0 radical (unpaired) electrons. The van der Waals surface area contributed by atoms with Crippen LogP contribution in [0.3, 0.4) is 0 Å². The average molecular weight is 644 g/mol. The van der Waals surface area contributed by atoms with Crippen molar-refractivity contribution in [3.8, 4) is 0 Å². The van der Waals surface area contributed by atoms with Crippen LogP contribution in [0.15, 0.2) is 83.8 Å². The second-order valence-corrected chi connectivity index (χ2v) is 13.3. The molecule has 0 unspecified atom stereocenters. The number of benzene rings is 3. The summed E-state index contributed by atoms with van der Waals surface area (Å²) in [6.45, 7) is 2.87. The predicted octanol–water partition coefficient (Wildman–Crippen LogP) is 6.51. The monoisotopic (exact) mass is 643 g/mol. The van der Waals surface area contributed by atoms with Crippen molar-refractivity contribution in [3.05, 3.63) is 95.6 Å². The van der Waals surface area contributed by atoms with Gasteiger partial charge < -0.3 is 10.2 Å². The van der Waals surface area contributed by atoms with Crippen LogP contribution in [0, 0.1) is 6.92 Å². The lowest BCUT2D eigenvalue weighted by Gasteiger charge is -2.34. The molecule has 1 atom stereocenters. The second-order valence-electron chi connectivity index (χ2n) is 11.5. The Morgan fingerprint density at radius 2 is 1.60 bits per heavy atom. The number of hydrogen-bond acceptors (Lipinski definition) is 4. The zero-order chi connectivity index (χ0) is 32.6. The minimum absolute atomic E-state index is 0.00472. The lowest BCUT2D eigenvalue weighted by molar-refractivity contribution is -0.140. The van der Waals surface area contributed by atoms with E-state index in [1.165, 1.54) is 23.1 Å². The Morgan fingerprint density at radius 1 is 0.933 bits per heavy atom. The van der Waals surface area contributed by atoms with E-state index in [2.05, 4.69) is 5.32 Å². The lowest BCUT2D eigenvalue weighted by Crippen LogP contribution is -2.54. The fourth-order valence-electron chi connectivity index (χ4n) is 5.64. The highest BCUT2D eigenvalue weighted by atomic mass is 32.2. The maximum atomic E-state index is 14.2. The molecule has 0 spiro atoms. The third-order valence-corrected chi connectivity index (χ3v) is 9.96. The first-order valence-corrected chi connectivity index (χ1v) is 16.7. The van der Waals surface area contributed by atoms with Crippen molar-refractivity contribution in [2.45, 2.75) is 81.9 Å². The van der Waals surface area contributed by atoms with E-state index in [-0.39, 0.29) is 35.5 Å². The minimum atomic E-state index is -4.73. The van der Waals surface area contributed by atoms with Crippen LogP contribution in [0.2, 0.25) is 0 Å². The number of amides is 2.